The number of pyridine rings is 1. The lowest BCUT2D eigenvalue weighted by molar-refractivity contribution is -0.195. The standard InChI is InChI=1S/C18H24ClF4N3O2/c1-17(2,3)28-16(27)26(10-8-20)14-5-4-9-25(14)15(18(21,22)23)12-6-7-13(19)24-11-12/h6-7,11,14-15H,4-5,8-10H2,1-3H3/t14-,15+/m0/s1. The lowest BCUT2D eigenvalue weighted by Crippen LogP contribution is -2.53. The summed E-state index contributed by atoms with van der Waals surface area (Å²) in [5.41, 5.74) is -0.938. The van der Waals surface area contributed by atoms with E-state index in [4.69, 9.17) is 16.3 Å². The van der Waals surface area contributed by atoms with Crippen LogP contribution in [0.15, 0.2) is 18.3 Å². The summed E-state index contributed by atoms with van der Waals surface area (Å²) in [6.07, 6.45) is -4.60. The molecule has 0 saturated carbocycles. The zero-order valence-corrected chi connectivity index (χ0v) is 16.7. The molecule has 0 aromatic carbocycles. The lowest BCUT2D eigenvalue weighted by atomic mass is 10.1. The maximum absolute atomic E-state index is 13.9. The average Bonchev–Trinajstić information content (AvgIpc) is 3.00. The van der Waals surface area contributed by atoms with Crippen LogP contribution in [-0.4, -0.2) is 58.6 Å². The number of hydrogen-bond donors (Lipinski definition) is 0. The fourth-order valence-corrected chi connectivity index (χ4v) is 3.41. The number of rotatable bonds is 5. The zero-order chi connectivity index (χ0) is 21.1. The highest BCUT2D eigenvalue weighted by molar-refractivity contribution is 6.29. The normalized spacial score (nSPS) is 19.5. The smallest absolute Gasteiger partial charge is 0.411 e. The van der Waals surface area contributed by atoms with Gasteiger partial charge in [0, 0.05) is 12.7 Å². The van der Waals surface area contributed by atoms with Crippen LogP contribution in [0.3, 0.4) is 0 Å². The molecule has 158 valence electrons. The maximum Gasteiger partial charge on any atom is 0.411 e. The molecule has 2 heterocycles. The fourth-order valence-electron chi connectivity index (χ4n) is 3.30. The number of halogens is 5. The second-order valence-electron chi connectivity index (χ2n) is 7.58. The van der Waals surface area contributed by atoms with Crippen molar-refractivity contribution in [1.82, 2.24) is 14.8 Å². The second-order valence-corrected chi connectivity index (χ2v) is 7.97. The van der Waals surface area contributed by atoms with Crippen LogP contribution in [0, 0.1) is 0 Å². The van der Waals surface area contributed by atoms with Crippen molar-refractivity contribution in [2.75, 3.05) is 19.8 Å². The van der Waals surface area contributed by atoms with Crippen molar-refractivity contribution in [2.45, 2.75) is 57.6 Å². The van der Waals surface area contributed by atoms with E-state index in [1.54, 1.807) is 20.8 Å². The van der Waals surface area contributed by atoms with E-state index in [0.29, 0.717) is 6.42 Å². The molecule has 0 spiro atoms. The molecule has 5 nitrogen and oxygen atoms in total. The number of hydrogen-bond acceptors (Lipinski definition) is 4. The van der Waals surface area contributed by atoms with Gasteiger partial charge in [-0.15, -0.1) is 0 Å². The van der Waals surface area contributed by atoms with E-state index in [9.17, 15) is 22.4 Å². The summed E-state index contributed by atoms with van der Waals surface area (Å²) >= 11 is 5.70. The van der Waals surface area contributed by atoms with Crippen molar-refractivity contribution in [3.8, 4) is 0 Å². The quantitative estimate of drug-likeness (QED) is 0.493. The van der Waals surface area contributed by atoms with Gasteiger partial charge in [-0.2, -0.15) is 13.2 Å². The number of alkyl halides is 4. The Balaban J connectivity index is 2.37. The summed E-state index contributed by atoms with van der Waals surface area (Å²) < 4.78 is 60.2. The predicted octanol–water partition coefficient (Wildman–Crippen LogP) is 4.97. The van der Waals surface area contributed by atoms with Gasteiger partial charge >= 0.3 is 12.3 Å². The van der Waals surface area contributed by atoms with Gasteiger partial charge in [0.15, 0.2) is 0 Å². The highest BCUT2D eigenvalue weighted by Gasteiger charge is 2.50. The lowest BCUT2D eigenvalue weighted by Gasteiger charge is -2.40. The Kier molecular flexibility index (Phi) is 7.14. The molecular weight excluding hydrogens is 402 g/mol. The van der Waals surface area contributed by atoms with Crippen LogP contribution in [0.25, 0.3) is 0 Å². The Bertz CT molecular complexity index is 664. The summed E-state index contributed by atoms with van der Waals surface area (Å²) in [5.74, 6) is 0. The minimum absolute atomic E-state index is 0.0791. The molecular formula is C18H24ClF4N3O2. The van der Waals surface area contributed by atoms with E-state index in [0.717, 1.165) is 16.0 Å². The molecule has 10 heteroatoms. The molecule has 1 saturated heterocycles. The van der Waals surface area contributed by atoms with Gasteiger partial charge < -0.3 is 4.74 Å². The van der Waals surface area contributed by atoms with E-state index in [1.165, 1.54) is 12.1 Å². The summed E-state index contributed by atoms with van der Waals surface area (Å²) in [7, 11) is 0. The van der Waals surface area contributed by atoms with Gasteiger partial charge in [-0.3, -0.25) is 9.80 Å². The minimum Gasteiger partial charge on any atom is -0.444 e. The first kappa shape index (κ1) is 22.7. The molecule has 28 heavy (non-hydrogen) atoms. The number of carbonyl (C=O) groups is 1. The number of nitrogens with zero attached hydrogens (tertiary/aromatic N) is 3. The van der Waals surface area contributed by atoms with Gasteiger partial charge in [-0.25, -0.2) is 14.2 Å². The van der Waals surface area contributed by atoms with Crippen molar-refractivity contribution in [2.24, 2.45) is 0 Å². The van der Waals surface area contributed by atoms with Crippen LogP contribution < -0.4 is 0 Å². The topological polar surface area (TPSA) is 45.7 Å². The number of amides is 1. The van der Waals surface area contributed by atoms with E-state index in [1.807, 2.05) is 0 Å². The third kappa shape index (κ3) is 5.70. The van der Waals surface area contributed by atoms with Crippen LogP contribution in [0.5, 0.6) is 0 Å². The monoisotopic (exact) mass is 425 g/mol. The fraction of sp³-hybridized carbons (Fsp3) is 0.667. The Morgan fingerprint density at radius 1 is 1.39 bits per heavy atom. The summed E-state index contributed by atoms with van der Waals surface area (Å²) in [5, 5.41) is 0.0791. The van der Waals surface area contributed by atoms with Crippen molar-refractivity contribution in [3.63, 3.8) is 0 Å². The van der Waals surface area contributed by atoms with Gasteiger partial charge in [0.25, 0.3) is 0 Å². The van der Waals surface area contributed by atoms with E-state index < -0.39 is 36.8 Å². The van der Waals surface area contributed by atoms with Crippen LogP contribution in [0.4, 0.5) is 22.4 Å². The van der Waals surface area contributed by atoms with Gasteiger partial charge in [0.05, 0.1) is 12.7 Å². The molecule has 1 aromatic heterocycles. The number of ether oxygens (including phenoxy) is 1. The molecule has 2 atom stereocenters. The van der Waals surface area contributed by atoms with E-state index in [2.05, 4.69) is 4.98 Å². The molecule has 0 radical (unpaired) electrons. The Labute approximate surface area is 166 Å². The van der Waals surface area contributed by atoms with Crippen LogP contribution in [-0.2, 0) is 4.74 Å². The first-order valence-corrected chi connectivity index (χ1v) is 9.31. The molecule has 1 aliphatic rings. The molecule has 1 amide bonds. The zero-order valence-electron chi connectivity index (χ0n) is 16.0. The first-order valence-electron chi connectivity index (χ1n) is 8.93. The van der Waals surface area contributed by atoms with Crippen molar-refractivity contribution in [3.05, 3.63) is 29.0 Å². The largest absolute Gasteiger partial charge is 0.444 e. The predicted molar refractivity (Wildman–Crippen MR) is 96.7 cm³/mol. The Morgan fingerprint density at radius 3 is 2.57 bits per heavy atom. The van der Waals surface area contributed by atoms with Crippen molar-refractivity contribution < 1.29 is 27.1 Å². The minimum atomic E-state index is -4.62. The molecule has 1 fully saturated rings. The first-order chi connectivity index (χ1) is 12.9. The van der Waals surface area contributed by atoms with Crippen LogP contribution in [0.2, 0.25) is 5.15 Å². The second kappa shape index (κ2) is 8.82. The SMILES string of the molecule is CC(C)(C)OC(=O)N(CCF)[C@H]1CCCN1[C@H](c1ccc(Cl)nc1)C(F)(F)F. The van der Waals surface area contributed by atoms with Crippen LogP contribution >= 0.6 is 11.6 Å². The van der Waals surface area contributed by atoms with Gasteiger partial charge in [-0.05, 0) is 45.2 Å². The molecule has 1 aliphatic heterocycles. The van der Waals surface area contributed by atoms with Crippen molar-refractivity contribution in [1.29, 1.82) is 0 Å². The number of likely N-dealkylation sites (tertiary alicyclic amines) is 1. The average molecular weight is 426 g/mol. The molecule has 0 aliphatic carbocycles. The molecule has 0 N–H and O–H groups in total. The van der Waals surface area contributed by atoms with Crippen LogP contribution in [0.1, 0.15) is 45.2 Å². The number of aromatic nitrogens is 1. The van der Waals surface area contributed by atoms with E-state index in [-0.39, 0.29) is 30.2 Å². The Hall–Kier alpha value is -1.61. The molecule has 0 bridgehead atoms. The molecule has 0 unspecified atom stereocenters. The third-order valence-electron chi connectivity index (χ3n) is 4.28. The maximum atomic E-state index is 13.9. The van der Waals surface area contributed by atoms with Gasteiger partial charge in [0.2, 0.25) is 0 Å². The highest BCUT2D eigenvalue weighted by atomic mass is 35.5. The van der Waals surface area contributed by atoms with Crippen molar-refractivity contribution >= 4 is 17.7 Å². The van der Waals surface area contributed by atoms with Gasteiger partial charge in [-0.1, -0.05) is 17.7 Å². The van der Waals surface area contributed by atoms with Gasteiger partial charge in [0.1, 0.15) is 23.5 Å². The summed E-state index contributed by atoms with van der Waals surface area (Å²) in [6.45, 7) is 3.79. The third-order valence-corrected chi connectivity index (χ3v) is 4.51. The highest BCUT2D eigenvalue weighted by Crippen LogP contribution is 2.42. The molecule has 2 rings (SSSR count). The summed E-state index contributed by atoms with van der Waals surface area (Å²) in [6, 6.07) is 0.554. The number of carbonyl (C=O) groups excluding carboxylic acids is 1. The van der Waals surface area contributed by atoms with E-state index >= 15 is 0 Å². The summed E-state index contributed by atoms with van der Waals surface area (Å²) in [4.78, 5) is 18.5. The Morgan fingerprint density at radius 2 is 2.07 bits per heavy atom. The molecule has 1 aromatic rings.